The minimum Gasteiger partial charge on any atom is -0.462 e. The van der Waals surface area contributed by atoms with Gasteiger partial charge in [-0.1, -0.05) is 0 Å². The Bertz CT molecular complexity index is 627. The van der Waals surface area contributed by atoms with Crippen LogP contribution in [-0.4, -0.2) is 45.1 Å². The minimum atomic E-state index is -0.775. The molecule has 6 nitrogen and oxygen atoms in total. The molecule has 0 amide bonds. The normalized spacial score (nSPS) is 22.0. The van der Waals surface area contributed by atoms with E-state index in [1.54, 1.807) is 10.7 Å². The maximum absolute atomic E-state index is 13.8. The van der Waals surface area contributed by atoms with Gasteiger partial charge in [0, 0.05) is 44.5 Å². The average molecular weight is 322 g/mol. The summed E-state index contributed by atoms with van der Waals surface area (Å²) < 4.78 is 21.0. The zero-order valence-electron chi connectivity index (χ0n) is 13.3. The number of nitrogens with zero attached hydrogens (tertiary/aromatic N) is 3. The molecule has 0 spiro atoms. The van der Waals surface area contributed by atoms with E-state index in [0.29, 0.717) is 31.8 Å². The number of hydrogen-bond donors (Lipinski definition) is 2. The number of aromatic nitrogens is 2. The van der Waals surface area contributed by atoms with Gasteiger partial charge < -0.3 is 14.8 Å². The van der Waals surface area contributed by atoms with Crippen molar-refractivity contribution < 1.29 is 13.9 Å². The molecule has 1 aliphatic rings. The summed E-state index contributed by atoms with van der Waals surface area (Å²) in [5.41, 5.74) is 1.10. The van der Waals surface area contributed by atoms with Crippen LogP contribution in [0.25, 0.3) is 0 Å². The summed E-state index contributed by atoms with van der Waals surface area (Å²) in [6.07, 6.45) is 3.57. The van der Waals surface area contributed by atoms with Gasteiger partial charge in [0.05, 0.1) is 12.7 Å². The maximum atomic E-state index is 13.8. The van der Waals surface area contributed by atoms with Crippen molar-refractivity contribution in [3.63, 3.8) is 0 Å². The van der Waals surface area contributed by atoms with E-state index in [1.165, 1.54) is 0 Å². The quantitative estimate of drug-likeness (QED) is 0.802. The van der Waals surface area contributed by atoms with Crippen molar-refractivity contribution in [3.8, 4) is 0 Å². The average Bonchev–Trinajstić information content (AvgIpc) is 3.21. The lowest BCUT2D eigenvalue weighted by Crippen LogP contribution is -2.37. The van der Waals surface area contributed by atoms with Crippen LogP contribution in [0.15, 0.2) is 28.9 Å². The molecule has 126 valence electrons. The molecule has 2 aromatic rings. The first-order valence-corrected chi connectivity index (χ1v) is 7.89. The molecule has 3 heterocycles. The van der Waals surface area contributed by atoms with E-state index in [2.05, 4.69) is 15.3 Å². The smallest absolute Gasteiger partial charge is 0.129 e. The second-order valence-corrected chi connectivity index (χ2v) is 6.10. The van der Waals surface area contributed by atoms with E-state index in [9.17, 15) is 4.39 Å². The fraction of sp³-hybridized carbons (Fsp3) is 0.562. The van der Waals surface area contributed by atoms with Crippen molar-refractivity contribution in [3.05, 3.63) is 41.6 Å². The predicted octanol–water partition coefficient (Wildman–Crippen LogP) is 1.21. The van der Waals surface area contributed by atoms with Gasteiger partial charge in [-0.05, 0) is 18.6 Å². The second-order valence-electron chi connectivity index (χ2n) is 6.10. The fourth-order valence-corrected chi connectivity index (χ4v) is 3.08. The van der Waals surface area contributed by atoms with Gasteiger partial charge in [0.1, 0.15) is 24.3 Å². The number of aliphatic hydroxyl groups is 1. The SMILES string of the molecule is Cn1cc(CN2C[C@@H](F)C[C@H]2CNCc2ccc(CO)o2)cn1. The molecule has 3 rings (SSSR count). The van der Waals surface area contributed by atoms with Crippen LogP contribution < -0.4 is 5.32 Å². The van der Waals surface area contributed by atoms with Crippen LogP contribution in [0, 0.1) is 0 Å². The van der Waals surface area contributed by atoms with Crippen molar-refractivity contribution in [2.45, 2.75) is 38.3 Å². The first-order chi connectivity index (χ1) is 11.1. The zero-order chi connectivity index (χ0) is 16.2. The van der Waals surface area contributed by atoms with Crippen molar-refractivity contribution in [2.24, 2.45) is 7.05 Å². The standard InChI is InChI=1S/C16H23FN4O2/c1-20-8-12(5-19-20)9-21-10-13(17)4-14(21)6-18-7-15-2-3-16(11-22)23-15/h2-3,5,8,13-14,18,22H,4,6-7,9-11H2,1H3/t13-,14-/m0/s1. The topological polar surface area (TPSA) is 66.5 Å². The van der Waals surface area contributed by atoms with Crippen molar-refractivity contribution in [1.29, 1.82) is 0 Å². The number of hydrogen-bond acceptors (Lipinski definition) is 5. The van der Waals surface area contributed by atoms with Crippen LogP contribution in [0.5, 0.6) is 0 Å². The van der Waals surface area contributed by atoms with Gasteiger partial charge in [-0.2, -0.15) is 5.10 Å². The van der Waals surface area contributed by atoms with Crippen LogP contribution in [-0.2, 0) is 26.7 Å². The van der Waals surface area contributed by atoms with Gasteiger partial charge in [-0.3, -0.25) is 9.58 Å². The van der Waals surface area contributed by atoms with Gasteiger partial charge >= 0.3 is 0 Å². The molecule has 2 N–H and O–H groups in total. The van der Waals surface area contributed by atoms with Crippen molar-refractivity contribution in [1.82, 2.24) is 20.0 Å². The van der Waals surface area contributed by atoms with Gasteiger partial charge in [-0.15, -0.1) is 0 Å². The zero-order valence-corrected chi connectivity index (χ0v) is 13.3. The number of likely N-dealkylation sites (tertiary alicyclic amines) is 1. The highest BCUT2D eigenvalue weighted by Gasteiger charge is 2.31. The Morgan fingerprint density at radius 2 is 2.26 bits per heavy atom. The van der Waals surface area contributed by atoms with E-state index in [0.717, 1.165) is 17.9 Å². The first-order valence-electron chi connectivity index (χ1n) is 7.89. The molecule has 23 heavy (non-hydrogen) atoms. The Hall–Kier alpha value is -1.70. The molecule has 0 aromatic carbocycles. The Balaban J connectivity index is 1.50. The lowest BCUT2D eigenvalue weighted by molar-refractivity contribution is 0.226. The highest BCUT2D eigenvalue weighted by atomic mass is 19.1. The molecule has 0 saturated carbocycles. The van der Waals surface area contributed by atoms with E-state index in [-0.39, 0.29) is 12.6 Å². The Kier molecular flexibility index (Phi) is 5.09. The summed E-state index contributed by atoms with van der Waals surface area (Å²) in [5.74, 6) is 1.34. The maximum Gasteiger partial charge on any atom is 0.129 e. The summed E-state index contributed by atoms with van der Waals surface area (Å²) in [6, 6.07) is 3.77. The summed E-state index contributed by atoms with van der Waals surface area (Å²) in [5, 5.41) is 16.5. The van der Waals surface area contributed by atoms with Crippen molar-refractivity contribution >= 4 is 0 Å². The van der Waals surface area contributed by atoms with Crippen molar-refractivity contribution in [2.75, 3.05) is 13.1 Å². The van der Waals surface area contributed by atoms with E-state index >= 15 is 0 Å². The number of halogens is 1. The Morgan fingerprint density at radius 3 is 2.96 bits per heavy atom. The number of rotatable bonds is 7. The number of aliphatic hydroxyl groups excluding tert-OH is 1. The van der Waals surface area contributed by atoms with Crippen LogP contribution in [0.4, 0.5) is 4.39 Å². The molecule has 1 saturated heterocycles. The molecular weight excluding hydrogens is 299 g/mol. The van der Waals surface area contributed by atoms with Crippen LogP contribution >= 0.6 is 0 Å². The predicted molar refractivity (Wildman–Crippen MR) is 83.3 cm³/mol. The van der Waals surface area contributed by atoms with E-state index in [4.69, 9.17) is 9.52 Å². The third kappa shape index (κ3) is 4.19. The highest BCUT2D eigenvalue weighted by Crippen LogP contribution is 2.22. The number of alkyl halides is 1. The molecular formula is C16H23FN4O2. The molecule has 0 radical (unpaired) electrons. The molecule has 2 aromatic heterocycles. The van der Waals surface area contributed by atoms with Crippen LogP contribution in [0.1, 0.15) is 23.5 Å². The largest absolute Gasteiger partial charge is 0.462 e. The summed E-state index contributed by atoms with van der Waals surface area (Å²) in [4.78, 5) is 2.16. The monoisotopic (exact) mass is 322 g/mol. The minimum absolute atomic E-state index is 0.0922. The second kappa shape index (κ2) is 7.25. The number of furan rings is 1. The van der Waals surface area contributed by atoms with Crippen LogP contribution in [0.2, 0.25) is 0 Å². The molecule has 7 heteroatoms. The Morgan fingerprint density at radius 1 is 1.43 bits per heavy atom. The third-order valence-electron chi connectivity index (χ3n) is 4.17. The van der Waals surface area contributed by atoms with Gasteiger partial charge in [0.15, 0.2) is 0 Å². The number of aryl methyl sites for hydroxylation is 1. The first kappa shape index (κ1) is 16.2. The Labute approximate surface area is 134 Å². The van der Waals surface area contributed by atoms with E-state index in [1.807, 2.05) is 25.5 Å². The molecule has 0 aliphatic carbocycles. The van der Waals surface area contributed by atoms with Gasteiger partial charge in [0.2, 0.25) is 0 Å². The summed E-state index contributed by atoms with van der Waals surface area (Å²) in [7, 11) is 1.88. The highest BCUT2D eigenvalue weighted by molar-refractivity contribution is 5.07. The number of nitrogens with one attached hydrogen (secondary N) is 1. The lowest BCUT2D eigenvalue weighted by atomic mass is 10.2. The van der Waals surface area contributed by atoms with Crippen LogP contribution in [0.3, 0.4) is 0 Å². The van der Waals surface area contributed by atoms with Gasteiger partial charge in [0.25, 0.3) is 0 Å². The fourth-order valence-electron chi connectivity index (χ4n) is 3.08. The van der Waals surface area contributed by atoms with E-state index < -0.39 is 6.17 Å². The molecule has 1 aliphatic heterocycles. The molecule has 1 fully saturated rings. The molecule has 0 unspecified atom stereocenters. The molecule has 0 bridgehead atoms. The summed E-state index contributed by atoms with van der Waals surface area (Å²) in [6.45, 7) is 2.38. The molecule has 2 atom stereocenters. The third-order valence-corrected chi connectivity index (χ3v) is 4.17. The summed E-state index contributed by atoms with van der Waals surface area (Å²) >= 11 is 0. The lowest BCUT2D eigenvalue weighted by Gasteiger charge is -2.23. The van der Waals surface area contributed by atoms with Gasteiger partial charge in [-0.25, -0.2) is 4.39 Å².